The molecule has 3 rings (SSSR count). The third-order valence-corrected chi connectivity index (χ3v) is 5.38. The normalized spacial score (nSPS) is 12.4. The Kier molecular flexibility index (Phi) is 9.20. The number of aliphatic imine (C=N–C) groups is 1. The molecule has 6 heteroatoms. The van der Waals surface area contributed by atoms with Gasteiger partial charge in [-0.15, -0.1) is 0 Å². The Balaban J connectivity index is 2.12. The number of halogens is 1. The zero-order valence-electron chi connectivity index (χ0n) is 20.9. The second kappa shape index (κ2) is 12.3. The number of carbonyl (C=O) groups is 2. The third kappa shape index (κ3) is 7.92. The molecule has 0 aliphatic heterocycles. The number of carbonyl (C=O) groups excluding carboxylic acids is 2. The standard InChI is InChI=1S/C30H30ClNO4/c1-30(2,3)36-29(34)26(20-24(28(33)35-4)19-21-15-17-25(31)18-16-21)32-27(22-11-7-5-8-12-22)23-13-9-6-10-14-23/h5-19,26H,20H2,1-4H3/b24-19-. The maximum absolute atomic E-state index is 13.4. The number of nitrogens with zero attached hydrogens (tertiary/aromatic N) is 1. The molecular weight excluding hydrogens is 474 g/mol. The van der Waals surface area contributed by atoms with Gasteiger partial charge >= 0.3 is 11.9 Å². The first-order valence-corrected chi connectivity index (χ1v) is 12.0. The molecule has 0 spiro atoms. The minimum atomic E-state index is -0.989. The zero-order valence-corrected chi connectivity index (χ0v) is 21.7. The van der Waals surface area contributed by atoms with Crippen LogP contribution in [0.25, 0.3) is 6.08 Å². The van der Waals surface area contributed by atoms with Gasteiger partial charge in [0, 0.05) is 28.1 Å². The Morgan fingerprint density at radius 2 is 1.42 bits per heavy atom. The van der Waals surface area contributed by atoms with Crippen LogP contribution in [0.5, 0.6) is 0 Å². The molecule has 0 N–H and O–H groups in total. The molecule has 5 nitrogen and oxygen atoms in total. The van der Waals surface area contributed by atoms with E-state index in [-0.39, 0.29) is 6.42 Å². The Morgan fingerprint density at radius 1 is 0.889 bits per heavy atom. The minimum Gasteiger partial charge on any atom is -0.466 e. The molecule has 36 heavy (non-hydrogen) atoms. The smallest absolute Gasteiger partial charge is 0.333 e. The summed E-state index contributed by atoms with van der Waals surface area (Å²) in [5.74, 6) is -1.08. The first kappa shape index (κ1) is 26.9. The van der Waals surface area contributed by atoms with Gasteiger partial charge in [0.25, 0.3) is 0 Å². The van der Waals surface area contributed by atoms with Crippen LogP contribution in [0.1, 0.15) is 43.9 Å². The second-order valence-electron chi connectivity index (χ2n) is 9.18. The Hall–Kier alpha value is -3.70. The predicted molar refractivity (Wildman–Crippen MR) is 144 cm³/mol. The lowest BCUT2D eigenvalue weighted by atomic mass is 9.99. The molecule has 3 aromatic carbocycles. The number of ether oxygens (including phenoxy) is 2. The molecule has 0 saturated carbocycles. The molecule has 0 heterocycles. The second-order valence-corrected chi connectivity index (χ2v) is 9.61. The van der Waals surface area contributed by atoms with Gasteiger partial charge in [-0.3, -0.25) is 4.99 Å². The topological polar surface area (TPSA) is 65.0 Å². The van der Waals surface area contributed by atoms with Crippen molar-refractivity contribution in [3.05, 3.63) is 112 Å². The number of esters is 2. The van der Waals surface area contributed by atoms with Crippen molar-refractivity contribution in [3.63, 3.8) is 0 Å². The maximum atomic E-state index is 13.4. The maximum Gasteiger partial charge on any atom is 0.333 e. The van der Waals surface area contributed by atoms with Gasteiger partial charge < -0.3 is 9.47 Å². The van der Waals surface area contributed by atoms with Crippen LogP contribution in [0.15, 0.2) is 95.5 Å². The summed E-state index contributed by atoms with van der Waals surface area (Å²) in [7, 11) is 1.31. The number of methoxy groups -OCH3 is 1. The first-order chi connectivity index (χ1) is 17.2. The van der Waals surface area contributed by atoms with E-state index < -0.39 is 23.6 Å². The van der Waals surface area contributed by atoms with Gasteiger partial charge in [0.2, 0.25) is 0 Å². The van der Waals surface area contributed by atoms with Gasteiger partial charge in [0.1, 0.15) is 5.60 Å². The Labute approximate surface area is 217 Å². The Morgan fingerprint density at radius 3 is 1.89 bits per heavy atom. The van der Waals surface area contributed by atoms with Crippen LogP contribution in [-0.4, -0.2) is 36.4 Å². The lowest BCUT2D eigenvalue weighted by molar-refractivity contribution is -0.156. The van der Waals surface area contributed by atoms with Gasteiger partial charge in [-0.25, -0.2) is 9.59 Å². The highest BCUT2D eigenvalue weighted by Gasteiger charge is 2.29. The number of hydrogen-bond acceptors (Lipinski definition) is 5. The largest absolute Gasteiger partial charge is 0.466 e. The fourth-order valence-corrected chi connectivity index (χ4v) is 3.64. The molecule has 186 valence electrons. The van der Waals surface area contributed by atoms with Crippen LogP contribution >= 0.6 is 11.6 Å². The average Bonchev–Trinajstić information content (AvgIpc) is 2.86. The highest BCUT2D eigenvalue weighted by Crippen LogP contribution is 2.22. The van der Waals surface area contributed by atoms with E-state index in [0.717, 1.165) is 16.7 Å². The molecule has 0 aliphatic rings. The average molecular weight is 504 g/mol. The molecule has 0 aliphatic carbocycles. The fraction of sp³-hybridized carbons (Fsp3) is 0.233. The van der Waals surface area contributed by atoms with E-state index in [2.05, 4.69) is 0 Å². The summed E-state index contributed by atoms with van der Waals surface area (Å²) in [5.41, 5.74) is 2.63. The number of hydrogen-bond donors (Lipinski definition) is 0. The van der Waals surface area contributed by atoms with Crippen molar-refractivity contribution in [1.29, 1.82) is 0 Å². The third-order valence-electron chi connectivity index (χ3n) is 5.13. The molecule has 0 bridgehead atoms. The SMILES string of the molecule is COC(=O)/C(=C\c1ccc(Cl)cc1)CC(N=C(c1ccccc1)c1ccccc1)C(=O)OC(C)(C)C. The Bertz CT molecular complexity index is 1190. The van der Waals surface area contributed by atoms with Gasteiger partial charge in [0.05, 0.1) is 12.8 Å². The minimum absolute atomic E-state index is 0.00657. The summed E-state index contributed by atoms with van der Waals surface area (Å²) in [6.07, 6.45) is 1.67. The van der Waals surface area contributed by atoms with Crippen molar-refractivity contribution in [1.82, 2.24) is 0 Å². The molecular formula is C30H30ClNO4. The fourth-order valence-electron chi connectivity index (χ4n) is 3.52. The molecule has 0 radical (unpaired) electrons. The quantitative estimate of drug-likeness (QED) is 0.199. The van der Waals surface area contributed by atoms with Crippen LogP contribution in [0.3, 0.4) is 0 Å². The van der Waals surface area contributed by atoms with Crippen molar-refractivity contribution in [3.8, 4) is 0 Å². The summed E-state index contributed by atoms with van der Waals surface area (Å²) in [5, 5.41) is 0.582. The van der Waals surface area contributed by atoms with Crippen molar-refractivity contribution in [2.45, 2.75) is 38.8 Å². The van der Waals surface area contributed by atoms with Crippen LogP contribution in [0.2, 0.25) is 5.02 Å². The summed E-state index contributed by atoms with van der Waals surface area (Å²) in [6.45, 7) is 5.39. The lowest BCUT2D eigenvalue weighted by Gasteiger charge is -2.23. The van der Waals surface area contributed by atoms with Gasteiger partial charge in [-0.1, -0.05) is 84.4 Å². The molecule has 1 unspecified atom stereocenters. The van der Waals surface area contributed by atoms with Crippen molar-refractivity contribution in [2.24, 2.45) is 4.99 Å². The number of benzene rings is 3. The predicted octanol–water partition coefficient (Wildman–Crippen LogP) is 6.53. The highest BCUT2D eigenvalue weighted by atomic mass is 35.5. The summed E-state index contributed by atoms with van der Waals surface area (Å²) >= 11 is 6.01. The molecule has 0 fully saturated rings. The molecule has 3 aromatic rings. The van der Waals surface area contributed by atoms with Crippen LogP contribution in [-0.2, 0) is 19.1 Å². The van der Waals surface area contributed by atoms with Crippen molar-refractivity contribution < 1.29 is 19.1 Å². The van der Waals surface area contributed by atoms with E-state index in [1.807, 2.05) is 60.7 Å². The van der Waals surface area contributed by atoms with Crippen LogP contribution < -0.4 is 0 Å². The highest BCUT2D eigenvalue weighted by molar-refractivity contribution is 6.30. The molecule has 0 amide bonds. The van der Waals surface area contributed by atoms with E-state index in [1.54, 1.807) is 51.1 Å². The summed E-state index contributed by atoms with van der Waals surface area (Å²) in [6, 6.07) is 25.3. The molecule has 0 saturated heterocycles. The van der Waals surface area contributed by atoms with E-state index in [1.165, 1.54) is 7.11 Å². The van der Waals surface area contributed by atoms with Crippen molar-refractivity contribution in [2.75, 3.05) is 7.11 Å². The monoisotopic (exact) mass is 503 g/mol. The van der Waals surface area contributed by atoms with E-state index in [0.29, 0.717) is 16.3 Å². The summed E-state index contributed by atoms with van der Waals surface area (Å²) in [4.78, 5) is 31.0. The van der Waals surface area contributed by atoms with E-state index in [4.69, 9.17) is 26.1 Å². The molecule has 0 aromatic heterocycles. The van der Waals surface area contributed by atoms with Crippen molar-refractivity contribution >= 4 is 35.3 Å². The van der Waals surface area contributed by atoms with Gasteiger partial charge in [-0.2, -0.15) is 0 Å². The van der Waals surface area contributed by atoms with Gasteiger partial charge in [-0.05, 0) is 44.5 Å². The van der Waals surface area contributed by atoms with Crippen LogP contribution in [0, 0.1) is 0 Å². The van der Waals surface area contributed by atoms with Gasteiger partial charge in [0.15, 0.2) is 6.04 Å². The van der Waals surface area contributed by atoms with E-state index >= 15 is 0 Å². The molecule has 1 atom stereocenters. The van der Waals surface area contributed by atoms with E-state index in [9.17, 15) is 9.59 Å². The number of rotatable bonds is 8. The van der Waals surface area contributed by atoms with Crippen LogP contribution in [0.4, 0.5) is 0 Å². The lowest BCUT2D eigenvalue weighted by Crippen LogP contribution is -2.32. The zero-order chi connectivity index (χ0) is 26.1. The summed E-state index contributed by atoms with van der Waals surface area (Å²) < 4.78 is 10.7. The first-order valence-electron chi connectivity index (χ1n) is 11.6.